The maximum Gasteiger partial charge on any atom is 0.203 e. The average molecular weight is 507 g/mol. The fraction of sp³-hybridized carbons (Fsp3) is 0.276. The van der Waals surface area contributed by atoms with Crippen LogP contribution in [0.3, 0.4) is 0 Å². The molecule has 0 radical (unpaired) electrons. The van der Waals surface area contributed by atoms with E-state index in [1.165, 1.54) is 6.08 Å². The normalized spacial score (nSPS) is 10.6. The topological polar surface area (TPSA) is 87.3 Å². The van der Waals surface area contributed by atoms with E-state index in [1.807, 2.05) is 24.3 Å². The molecular weight excluding hydrogens is 472 g/mol. The molecule has 2 N–H and O–H groups in total. The van der Waals surface area contributed by atoms with Crippen molar-refractivity contribution in [3.63, 3.8) is 0 Å². The number of ether oxygens (including phenoxy) is 5. The Hall–Kier alpha value is -4.33. The summed E-state index contributed by atoms with van der Waals surface area (Å²) in [6, 6.07) is 15.4. The Morgan fingerprint density at radius 1 is 0.757 bits per heavy atom. The molecular formula is C29H34N2O6. The minimum atomic E-state index is -0.176. The number of hydrogen-bond acceptors (Lipinski definition) is 8. The van der Waals surface area contributed by atoms with Gasteiger partial charge in [-0.05, 0) is 60.4 Å². The fourth-order valence-electron chi connectivity index (χ4n) is 4.00. The zero-order valence-corrected chi connectivity index (χ0v) is 22.1. The molecule has 8 heteroatoms. The van der Waals surface area contributed by atoms with Crippen LogP contribution in [0, 0.1) is 0 Å². The zero-order valence-electron chi connectivity index (χ0n) is 22.1. The van der Waals surface area contributed by atoms with Gasteiger partial charge in [-0.25, -0.2) is 0 Å². The number of aryl methyl sites for hydroxylation is 2. The van der Waals surface area contributed by atoms with Gasteiger partial charge in [-0.3, -0.25) is 4.79 Å². The summed E-state index contributed by atoms with van der Waals surface area (Å²) in [7, 11) is 9.68. The summed E-state index contributed by atoms with van der Waals surface area (Å²) in [4.78, 5) is 12.8. The maximum absolute atomic E-state index is 12.8. The van der Waals surface area contributed by atoms with Crippen LogP contribution in [0.4, 0.5) is 11.4 Å². The van der Waals surface area contributed by atoms with Crippen LogP contribution in [0.1, 0.15) is 21.5 Å². The second kappa shape index (κ2) is 13.1. The van der Waals surface area contributed by atoms with Crippen LogP contribution in [0.15, 0.2) is 60.8 Å². The van der Waals surface area contributed by atoms with Gasteiger partial charge < -0.3 is 34.3 Å². The molecule has 0 amide bonds. The first-order chi connectivity index (χ1) is 18.0. The van der Waals surface area contributed by atoms with Gasteiger partial charge in [-0.15, -0.1) is 0 Å². The minimum absolute atomic E-state index is 0.176. The number of methoxy groups -OCH3 is 5. The van der Waals surface area contributed by atoms with E-state index in [4.69, 9.17) is 23.7 Å². The lowest BCUT2D eigenvalue weighted by molar-refractivity contribution is 0.104. The Labute approximate surface area is 218 Å². The average Bonchev–Trinajstić information content (AvgIpc) is 2.94. The second-order valence-corrected chi connectivity index (χ2v) is 8.08. The first kappa shape index (κ1) is 27.3. The highest BCUT2D eigenvalue weighted by Gasteiger charge is 2.15. The standard InChI is InChI=1S/C29H34N2O6/c1-30-28-24(33-2)17-21(18-25(28)34-3)23(32)12-13-31-22-9-7-8-19(14-22)10-11-20-15-26(35-4)29(37-6)27(16-20)36-5/h7-9,12-18,30-31H,10-11H2,1-6H3/b13-12-. The predicted molar refractivity (Wildman–Crippen MR) is 146 cm³/mol. The summed E-state index contributed by atoms with van der Waals surface area (Å²) in [5.41, 5.74) is 4.26. The Bertz CT molecular complexity index is 1200. The first-order valence-electron chi connectivity index (χ1n) is 11.8. The molecule has 0 atom stereocenters. The van der Waals surface area contributed by atoms with Crippen LogP contribution < -0.4 is 34.3 Å². The SMILES string of the molecule is CNc1c(OC)cc(C(=O)/C=C\Nc2cccc(CCc3cc(OC)c(OC)c(OC)c3)c2)cc1OC. The van der Waals surface area contributed by atoms with E-state index in [-0.39, 0.29) is 5.78 Å². The van der Waals surface area contributed by atoms with Gasteiger partial charge in [-0.1, -0.05) is 12.1 Å². The highest BCUT2D eigenvalue weighted by atomic mass is 16.5. The molecule has 3 aromatic carbocycles. The Balaban J connectivity index is 1.67. The minimum Gasteiger partial charge on any atom is -0.494 e. The zero-order chi connectivity index (χ0) is 26.8. The highest BCUT2D eigenvalue weighted by molar-refractivity contribution is 6.05. The lowest BCUT2D eigenvalue weighted by Gasteiger charge is -2.14. The quantitative estimate of drug-likeness (QED) is 0.237. The first-order valence-corrected chi connectivity index (χ1v) is 11.8. The lowest BCUT2D eigenvalue weighted by atomic mass is 10.0. The van der Waals surface area contributed by atoms with E-state index in [9.17, 15) is 4.79 Å². The summed E-state index contributed by atoms with van der Waals surface area (Å²) < 4.78 is 27.1. The van der Waals surface area contributed by atoms with Crippen molar-refractivity contribution in [2.45, 2.75) is 12.8 Å². The van der Waals surface area contributed by atoms with E-state index in [1.54, 1.807) is 60.9 Å². The molecule has 0 bridgehead atoms. The molecule has 3 rings (SSSR count). The summed E-state index contributed by atoms with van der Waals surface area (Å²) in [5, 5.41) is 6.21. The fourth-order valence-corrected chi connectivity index (χ4v) is 4.00. The van der Waals surface area contributed by atoms with Gasteiger partial charge in [0.15, 0.2) is 17.3 Å². The van der Waals surface area contributed by atoms with E-state index in [0.717, 1.165) is 29.7 Å². The highest BCUT2D eigenvalue weighted by Crippen LogP contribution is 2.38. The third-order valence-corrected chi connectivity index (χ3v) is 5.88. The van der Waals surface area contributed by atoms with Crippen molar-refractivity contribution in [2.75, 3.05) is 53.2 Å². The van der Waals surface area contributed by atoms with Crippen LogP contribution in [0.2, 0.25) is 0 Å². The van der Waals surface area contributed by atoms with Crippen LogP contribution in [-0.4, -0.2) is 48.4 Å². The molecule has 8 nitrogen and oxygen atoms in total. The van der Waals surface area contributed by atoms with E-state index in [0.29, 0.717) is 40.0 Å². The predicted octanol–water partition coefficient (Wildman–Crippen LogP) is 5.37. The molecule has 0 aliphatic heterocycles. The van der Waals surface area contributed by atoms with Crippen molar-refractivity contribution in [3.8, 4) is 28.7 Å². The van der Waals surface area contributed by atoms with Crippen molar-refractivity contribution in [1.82, 2.24) is 0 Å². The monoisotopic (exact) mass is 506 g/mol. The number of nitrogens with one attached hydrogen (secondary N) is 2. The van der Waals surface area contributed by atoms with Gasteiger partial charge in [-0.2, -0.15) is 0 Å². The van der Waals surface area contributed by atoms with E-state index >= 15 is 0 Å². The lowest BCUT2D eigenvalue weighted by Crippen LogP contribution is -2.02. The maximum atomic E-state index is 12.8. The third kappa shape index (κ3) is 6.67. The van der Waals surface area contributed by atoms with Crippen molar-refractivity contribution >= 4 is 17.2 Å². The molecule has 0 aliphatic carbocycles. The number of ketones is 1. The number of anilines is 2. The summed E-state index contributed by atoms with van der Waals surface area (Å²) in [6.07, 6.45) is 4.72. The van der Waals surface area contributed by atoms with Crippen molar-refractivity contribution in [2.24, 2.45) is 0 Å². The molecule has 0 spiro atoms. The Kier molecular flexibility index (Phi) is 9.66. The molecule has 0 saturated carbocycles. The van der Waals surface area contributed by atoms with Crippen LogP contribution >= 0.6 is 0 Å². The molecule has 0 unspecified atom stereocenters. The summed E-state index contributed by atoms with van der Waals surface area (Å²) >= 11 is 0. The largest absolute Gasteiger partial charge is 0.494 e. The van der Waals surface area contributed by atoms with Crippen molar-refractivity contribution < 1.29 is 28.5 Å². The molecule has 196 valence electrons. The second-order valence-electron chi connectivity index (χ2n) is 8.08. The molecule has 37 heavy (non-hydrogen) atoms. The van der Waals surface area contributed by atoms with Gasteiger partial charge in [0.05, 0.1) is 35.5 Å². The molecule has 0 aromatic heterocycles. The number of carbonyl (C=O) groups is 1. The van der Waals surface area contributed by atoms with Crippen LogP contribution in [0.25, 0.3) is 0 Å². The molecule has 0 fully saturated rings. The number of hydrogen-bond donors (Lipinski definition) is 2. The Morgan fingerprint density at radius 2 is 1.35 bits per heavy atom. The van der Waals surface area contributed by atoms with Gasteiger partial charge in [0.2, 0.25) is 5.75 Å². The number of benzene rings is 3. The van der Waals surface area contributed by atoms with Crippen molar-refractivity contribution in [1.29, 1.82) is 0 Å². The third-order valence-electron chi connectivity index (χ3n) is 5.88. The summed E-state index contributed by atoms with van der Waals surface area (Å²) in [5.74, 6) is 2.75. The van der Waals surface area contributed by atoms with Gasteiger partial charge in [0.1, 0.15) is 17.2 Å². The van der Waals surface area contributed by atoms with E-state index < -0.39 is 0 Å². The smallest absolute Gasteiger partial charge is 0.203 e. The summed E-state index contributed by atoms with van der Waals surface area (Å²) in [6.45, 7) is 0. The number of allylic oxidation sites excluding steroid dienone is 1. The molecule has 0 heterocycles. The van der Waals surface area contributed by atoms with Crippen LogP contribution in [-0.2, 0) is 12.8 Å². The van der Waals surface area contributed by atoms with Crippen molar-refractivity contribution in [3.05, 3.63) is 77.5 Å². The van der Waals surface area contributed by atoms with Gasteiger partial charge >= 0.3 is 0 Å². The number of rotatable bonds is 13. The van der Waals surface area contributed by atoms with Crippen LogP contribution in [0.5, 0.6) is 28.7 Å². The Morgan fingerprint density at radius 3 is 1.89 bits per heavy atom. The molecule has 0 saturated heterocycles. The van der Waals surface area contributed by atoms with Gasteiger partial charge in [0, 0.05) is 30.6 Å². The van der Waals surface area contributed by atoms with E-state index in [2.05, 4.69) is 22.8 Å². The number of carbonyl (C=O) groups excluding carboxylic acids is 1. The molecule has 3 aromatic rings. The molecule has 0 aliphatic rings. The van der Waals surface area contributed by atoms with Gasteiger partial charge in [0.25, 0.3) is 0 Å².